The van der Waals surface area contributed by atoms with Gasteiger partial charge < -0.3 is 10.2 Å². The highest BCUT2D eigenvalue weighted by molar-refractivity contribution is 7.09. The molecule has 0 aromatic carbocycles. The molecule has 0 saturated carbocycles. The fourth-order valence-corrected chi connectivity index (χ4v) is 1.65. The van der Waals surface area contributed by atoms with E-state index in [1.807, 2.05) is 14.1 Å². The van der Waals surface area contributed by atoms with Crippen molar-refractivity contribution in [2.75, 3.05) is 32.1 Å². The van der Waals surface area contributed by atoms with Crippen LogP contribution in [0.2, 0.25) is 0 Å². The fourth-order valence-electron chi connectivity index (χ4n) is 0.919. The summed E-state index contributed by atoms with van der Waals surface area (Å²) in [6.45, 7) is 4.01. The van der Waals surface area contributed by atoms with Crippen molar-refractivity contribution in [3.8, 4) is 0 Å². The first kappa shape index (κ1) is 10.4. The Morgan fingerprint density at radius 1 is 1.54 bits per heavy atom. The summed E-state index contributed by atoms with van der Waals surface area (Å²) in [6, 6.07) is 0. The van der Waals surface area contributed by atoms with E-state index in [2.05, 4.69) is 26.5 Å². The van der Waals surface area contributed by atoms with Crippen LogP contribution in [0.5, 0.6) is 0 Å². The van der Waals surface area contributed by atoms with Crippen molar-refractivity contribution in [2.24, 2.45) is 0 Å². The van der Waals surface area contributed by atoms with Crippen LogP contribution in [0.3, 0.4) is 0 Å². The van der Waals surface area contributed by atoms with Gasteiger partial charge in [-0.2, -0.15) is 4.37 Å². The second kappa shape index (κ2) is 5.14. The van der Waals surface area contributed by atoms with Crippen LogP contribution in [0.25, 0.3) is 0 Å². The summed E-state index contributed by atoms with van der Waals surface area (Å²) >= 11 is 1.47. The van der Waals surface area contributed by atoms with Gasteiger partial charge in [-0.25, -0.2) is 4.98 Å². The first-order chi connectivity index (χ1) is 6.27. The van der Waals surface area contributed by atoms with Crippen molar-refractivity contribution >= 4 is 16.7 Å². The molecule has 4 nitrogen and oxygen atoms in total. The second-order valence-electron chi connectivity index (χ2n) is 2.87. The molecule has 0 fully saturated rings. The molecule has 1 aromatic heterocycles. The molecular formula is C8H16N4S. The molecule has 0 aliphatic rings. The van der Waals surface area contributed by atoms with E-state index in [9.17, 15) is 0 Å². The molecule has 0 saturated heterocycles. The lowest BCUT2D eigenvalue weighted by atomic mass is 10.5. The smallest absolute Gasteiger partial charge is 0.204 e. The highest BCUT2D eigenvalue weighted by atomic mass is 32.1. The third-order valence-electron chi connectivity index (χ3n) is 1.80. The number of rotatable bonds is 5. The van der Waals surface area contributed by atoms with Crippen LogP contribution >= 0.6 is 11.5 Å². The van der Waals surface area contributed by atoms with E-state index in [0.717, 1.165) is 30.5 Å². The number of hydrogen-bond acceptors (Lipinski definition) is 5. The molecule has 0 spiro atoms. The Labute approximate surface area is 83.2 Å². The Balaban J connectivity index is 2.50. The van der Waals surface area contributed by atoms with Gasteiger partial charge in [-0.1, -0.05) is 6.92 Å². The van der Waals surface area contributed by atoms with Gasteiger partial charge in [-0.15, -0.1) is 0 Å². The Hall–Kier alpha value is -0.680. The van der Waals surface area contributed by atoms with Crippen LogP contribution in [0, 0.1) is 0 Å². The van der Waals surface area contributed by atoms with Gasteiger partial charge in [0.05, 0.1) is 0 Å². The number of nitrogens with one attached hydrogen (secondary N) is 1. The molecule has 0 radical (unpaired) electrons. The molecule has 5 heteroatoms. The van der Waals surface area contributed by atoms with Crippen molar-refractivity contribution in [3.63, 3.8) is 0 Å². The lowest BCUT2D eigenvalue weighted by molar-refractivity contribution is 0.764. The molecule has 1 aromatic rings. The van der Waals surface area contributed by atoms with Crippen LogP contribution < -0.4 is 10.2 Å². The zero-order chi connectivity index (χ0) is 9.68. The minimum absolute atomic E-state index is 0.913. The summed E-state index contributed by atoms with van der Waals surface area (Å²) in [5, 5.41) is 4.11. The monoisotopic (exact) mass is 200 g/mol. The second-order valence-corrected chi connectivity index (χ2v) is 3.60. The zero-order valence-corrected chi connectivity index (χ0v) is 9.19. The quantitative estimate of drug-likeness (QED) is 0.762. The standard InChI is InChI=1S/C8H16N4S/c1-4-7-10-8(13-11-7)12(3)6-5-9-2/h9H,4-6H2,1-3H3. The van der Waals surface area contributed by atoms with Crippen molar-refractivity contribution in [1.29, 1.82) is 0 Å². The largest absolute Gasteiger partial charge is 0.349 e. The van der Waals surface area contributed by atoms with E-state index in [-0.39, 0.29) is 0 Å². The topological polar surface area (TPSA) is 41.1 Å². The van der Waals surface area contributed by atoms with Crippen molar-refractivity contribution in [3.05, 3.63) is 5.82 Å². The summed E-state index contributed by atoms with van der Waals surface area (Å²) in [5.74, 6) is 0.941. The predicted molar refractivity (Wildman–Crippen MR) is 56.5 cm³/mol. The molecule has 0 atom stereocenters. The molecule has 13 heavy (non-hydrogen) atoms. The molecule has 0 unspecified atom stereocenters. The van der Waals surface area contributed by atoms with Gasteiger partial charge in [0.25, 0.3) is 0 Å². The molecule has 0 aliphatic carbocycles. The third kappa shape index (κ3) is 2.93. The number of aryl methyl sites for hydroxylation is 1. The van der Waals surface area contributed by atoms with Crippen molar-refractivity contribution in [1.82, 2.24) is 14.7 Å². The maximum atomic E-state index is 4.39. The summed E-state index contributed by atoms with van der Waals surface area (Å²) in [7, 11) is 3.99. The van der Waals surface area contributed by atoms with Gasteiger partial charge in [0.2, 0.25) is 5.13 Å². The van der Waals surface area contributed by atoms with Gasteiger partial charge in [-0.05, 0) is 7.05 Å². The third-order valence-corrected chi connectivity index (χ3v) is 2.67. The van der Waals surface area contributed by atoms with Crippen molar-refractivity contribution < 1.29 is 0 Å². The van der Waals surface area contributed by atoms with Gasteiger partial charge >= 0.3 is 0 Å². The molecule has 0 amide bonds. The number of anilines is 1. The normalized spacial score (nSPS) is 10.4. The Kier molecular flexibility index (Phi) is 4.11. The number of nitrogens with zero attached hydrogens (tertiary/aromatic N) is 3. The summed E-state index contributed by atoms with van der Waals surface area (Å²) in [6.07, 6.45) is 0.913. The molecule has 74 valence electrons. The van der Waals surface area contributed by atoms with Crippen LogP contribution in [0.1, 0.15) is 12.7 Å². The molecule has 0 aliphatic heterocycles. The van der Waals surface area contributed by atoms with E-state index >= 15 is 0 Å². The SMILES string of the molecule is CCc1nsc(N(C)CCNC)n1. The minimum atomic E-state index is 0.913. The van der Waals surface area contributed by atoms with Gasteiger partial charge in [-0.3, -0.25) is 0 Å². The van der Waals surface area contributed by atoms with Crippen LogP contribution in [0.4, 0.5) is 5.13 Å². The average molecular weight is 200 g/mol. The lowest BCUT2D eigenvalue weighted by Crippen LogP contribution is -2.26. The molecule has 0 bridgehead atoms. The maximum Gasteiger partial charge on any atom is 0.204 e. The van der Waals surface area contributed by atoms with E-state index in [1.54, 1.807) is 0 Å². The Morgan fingerprint density at radius 3 is 2.85 bits per heavy atom. The molecular weight excluding hydrogens is 184 g/mol. The zero-order valence-electron chi connectivity index (χ0n) is 8.37. The Bertz CT molecular complexity index is 248. The van der Waals surface area contributed by atoms with Crippen molar-refractivity contribution in [2.45, 2.75) is 13.3 Å². The van der Waals surface area contributed by atoms with E-state index in [4.69, 9.17) is 0 Å². The van der Waals surface area contributed by atoms with E-state index in [0.29, 0.717) is 0 Å². The van der Waals surface area contributed by atoms with E-state index in [1.165, 1.54) is 11.5 Å². The first-order valence-electron chi connectivity index (χ1n) is 4.46. The molecule has 1 heterocycles. The Morgan fingerprint density at radius 2 is 2.31 bits per heavy atom. The number of hydrogen-bond donors (Lipinski definition) is 1. The fraction of sp³-hybridized carbons (Fsp3) is 0.750. The van der Waals surface area contributed by atoms with E-state index < -0.39 is 0 Å². The highest BCUT2D eigenvalue weighted by Gasteiger charge is 2.06. The molecule has 1 rings (SSSR count). The maximum absolute atomic E-state index is 4.39. The van der Waals surface area contributed by atoms with Gasteiger partial charge in [0.1, 0.15) is 5.82 Å². The number of likely N-dealkylation sites (N-methyl/N-ethyl adjacent to an activating group) is 2. The average Bonchev–Trinajstić information content (AvgIpc) is 2.62. The molecule has 1 N–H and O–H groups in total. The minimum Gasteiger partial charge on any atom is -0.349 e. The lowest BCUT2D eigenvalue weighted by Gasteiger charge is -2.13. The number of aromatic nitrogens is 2. The van der Waals surface area contributed by atoms with Crippen LogP contribution in [-0.2, 0) is 6.42 Å². The summed E-state index contributed by atoms with van der Waals surface area (Å²) < 4.78 is 4.23. The van der Waals surface area contributed by atoms with Gasteiger partial charge in [0, 0.05) is 38.1 Å². The highest BCUT2D eigenvalue weighted by Crippen LogP contribution is 2.14. The predicted octanol–water partition coefficient (Wildman–Crippen LogP) is 0.756. The van der Waals surface area contributed by atoms with Gasteiger partial charge in [0.15, 0.2) is 0 Å². The summed E-state index contributed by atoms with van der Waals surface area (Å²) in [4.78, 5) is 6.51. The van der Waals surface area contributed by atoms with Crippen LogP contribution in [-0.4, -0.2) is 36.5 Å². The summed E-state index contributed by atoms with van der Waals surface area (Å²) in [5.41, 5.74) is 0. The first-order valence-corrected chi connectivity index (χ1v) is 5.23. The van der Waals surface area contributed by atoms with Crippen LogP contribution in [0.15, 0.2) is 0 Å².